The predicted octanol–water partition coefficient (Wildman–Crippen LogP) is 2.19. The van der Waals surface area contributed by atoms with Gasteiger partial charge in [0.1, 0.15) is 12.1 Å². The second-order valence-electron chi connectivity index (χ2n) is 8.70. The number of rotatable bonds is 2. The fourth-order valence-electron chi connectivity index (χ4n) is 5.46. The molecule has 7 nitrogen and oxygen atoms in total. The predicted molar refractivity (Wildman–Crippen MR) is 102 cm³/mol. The van der Waals surface area contributed by atoms with Gasteiger partial charge in [-0.25, -0.2) is 10.1 Å². The zero-order valence-electron chi connectivity index (χ0n) is 16.7. The largest absolute Gasteiger partial charge is 0.491 e. The van der Waals surface area contributed by atoms with E-state index < -0.39 is 0 Å². The lowest BCUT2D eigenvalue weighted by molar-refractivity contribution is -0.463. The van der Waals surface area contributed by atoms with Crippen LogP contribution in [0.4, 0.5) is 9.59 Å². The van der Waals surface area contributed by atoms with Crippen LogP contribution >= 0.6 is 0 Å². The lowest BCUT2D eigenvalue weighted by atomic mass is 9.90. The Labute approximate surface area is 161 Å². The van der Waals surface area contributed by atoms with Gasteiger partial charge in [-0.15, -0.1) is 0 Å². The maximum atomic E-state index is 12.5. The van der Waals surface area contributed by atoms with Crippen molar-refractivity contribution in [2.24, 2.45) is 0 Å². The molecule has 150 valence electrons. The Kier molecular flexibility index (Phi) is 5.14. The summed E-state index contributed by atoms with van der Waals surface area (Å²) < 4.78 is 7.27. The highest BCUT2D eigenvalue weighted by Gasteiger charge is 2.48. The summed E-state index contributed by atoms with van der Waals surface area (Å²) in [7, 11) is 0. The van der Waals surface area contributed by atoms with Crippen molar-refractivity contribution in [3.8, 4) is 0 Å². The van der Waals surface area contributed by atoms with Gasteiger partial charge in [-0.1, -0.05) is 0 Å². The summed E-state index contributed by atoms with van der Waals surface area (Å²) in [6.45, 7) is 7.95. The van der Waals surface area contributed by atoms with Crippen LogP contribution in [-0.4, -0.2) is 82.6 Å². The van der Waals surface area contributed by atoms with Crippen LogP contribution in [0.1, 0.15) is 58.8 Å². The molecule has 1 saturated carbocycles. The maximum Gasteiger partial charge on any atom is 0.491 e. The van der Waals surface area contributed by atoms with Gasteiger partial charge >= 0.3 is 12.1 Å². The highest BCUT2D eigenvalue weighted by atomic mass is 16.6. The number of hydrogen-bond donors (Lipinski definition) is 1. The molecular formula is C20H33N4O3+. The van der Waals surface area contributed by atoms with Crippen molar-refractivity contribution >= 4 is 17.8 Å². The van der Waals surface area contributed by atoms with Gasteiger partial charge in [-0.3, -0.25) is 4.90 Å². The topological polar surface area (TPSA) is 64.9 Å². The standard InChI is InChI=1S/C20H32N4O3/c1-3-27-19(26)22-13-10-20(2,14-22)23-11-8-15(9-12-23)24-17-7-5-4-6-16(17)21-18(24)25/h16-17H,3-14H2,1-2H3/p+1/t16-,17-,20?/m1/s1. The third-order valence-corrected chi connectivity index (χ3v) is 7.01. The van der Waals surface area contributed by atoms with Crippen molar-refractivity contribution in [2.45, 2.75) is 76.4 Å². The first-order chi connectivity index (χ1) is 13.0. The molecule has 1 N–H and O–H groups in total. The van der Waals surface area contributed by atoms with Gasteiger partial charge in [0.25, 0.3) is 0 Å². The summed E-state index contributed by atoms with van der Waals surface area (Å²) in [6, 6.07) is 0.840. The molecule has 0 spiro atoms. The number of amides is 3. The van der Waals surface area contributed by atoms with Crippen molar-refractivity contribution < 1.29 is 18.9 Å². The molecule has 3 atom stereocenters. The number of ether oxygens (including phenoxy) is 1. The molecular weight excluding hydrogens is 344 g/mol. The van der Waals surface area contributed by atoms with E-state index in [1.54, 1.807) is 0 Å². The van der Waals surface area contributed by atoms with E-state index in [-0.39, 0.29) is 17.7 Å². The van der Waals surface area contributed by atoms with E-state index in [1.165, 1.54) is 18.6 Å². The smallest absolute Gasteiger partial charge is 0.450 e. The van der Waals surface area contributed by atoms with E-state index in [0.717, 1.165) is 58.3 Å². The van der Waals surface area contributed by atoms with Crippen LogP contribution in [0.3, 0.4) is 0 Å². The molecule has 4 fully saturated rings. The molecule has 4 aliphatic rings. The molecule has 0 aromatic heterocycles. The number of nitrogens with zero attached hydrogens (tertiary/aromatic N) is 3. The summed E-state index contributed by atoms with van der Waals surface area (Å²) in [5, 5.41) is 3.20. The van der Waals surface area contributed by atoms with Crippen molar-refractivity contribution in [1.82, 2.24) is 15.1 Å². The second-order valence-corrected chi connectivity index (χ2v) is 8.70. The third-order valence-electron chi connectivity index (χ3n) is 7.01. The monoisotopic (exact) mass is 377 g/mol. The van der Waals surface area contributed by atoms with Crippen molar-refractivity contribution in [1.29, 1.82) is 0 Å². The number of hydrogen-bond acceptors (Lipinski definition) is 4. The van der Waals surface area contributed by atoms with E-state index in [9.17, 15) is 9.59 Å². The average molecular weight is 378 g/mol. The zero-order chi connectivity index (χ0) is 19.0. The normalized spacial score (nSPS) is 34.6. The van der Waals surface area contributed by atoms with E-state index >= 15 is 0 Å². The molecule has 1 aliphatic carbocycles. The lowest BCUT2D eigenvalue weighted by Crippen LogP contribution is -2.53. The molecule has 0 aromatic rings. The molecule has 3 aliphatic heterocycles. The number of carbonyl (C=O) groups is 2. The van der Waals surface area contributed by atoms with Crippen LogP contribution in [0.25, 0.3) is 0 Å². The minimum absolute atomic E-state index is 0.0128. The van der Waals surface area contributed by atoms with Gasteiger partial charge in [-0.2, -0.15) is 9.37 Å². The van der Waals surface area contributed by atoms with Crippen molar-refractivity contribution in [2.75, 3.05) is 32.8 Å². The van der Waals surface area contributed by atoms with Crippen LogP contribution in [0, 0.1) is 0 Å². The van der Waals surface area contributed by atoms with E-state index in [2.05, 4.69) is 21.7 Å². The Balaban J connectivity index is 1.40. The molecule has 0 bridgehead atoms. The molecule has 3 saturated heterocycles. The van der Waals surface area contributed by atoms with Crippen molar-refractivity contribution in [3.63, 3.8) is 0 Å². The molecule has 4 rings (SSSR count). The minimum Gasteiger partial charge on any atom is -0.450 e. The first-order valence-corrected chi connectivity index (χ1v) is 10.6. The summed E-state index contributed by atoms with van der Waals surface area (Å²) in [4.78, 5) is 28.9. The second kappa shape index (κ2) is 7.41. The number of likely N-dealkylation sites (tertiary alicyclic amines) is 2. The summed E-state index contributed by atoms with van der Waals surface area (Å²) in [6.07, 6.45) is 7.40. The number of piperidine rings is 1. The van der Waals surface area contributed by atoms with Crippen molar-refractivity contribution in [3.05, 3.63) is 0 Å². The highest BCUT2D eigenvalue weighted by Crippen LogP contribution is 2.31. The van der Waals surface area contributed by atoms with Crippen LogP contribution < -0.4 is 5.32 Å². The van der Waals surface area contributed by atoms with Crippen LogP contribution in [0.15, 0.2) is 0 Å². The Hall–Kier alpha value is -1.63. The van der Waals surface area contributed by atoms with Crippen LogP contribution in [-0.2, 0) is 4.74 Å². The molecule has 3 amide bonds. The highest BCUT2D eigenvalue weighted by molar-refractivity contribution is 5.87. The van der Waals surface area contributed by atoms with Gasteiger partial charge < -0.3 is 9.64 Å². The van der Waals surface area contributed by atoms with Gasteiger partial charge in [0.2, 0.25) is 0 Å². The third kappa shape index (κ3) is 3.46. The zero-order valence-corrected chi connectivity index (χ0v) is 16.7. The number of urea groups is 1. The van der Waals surface area contributed by atoms with Gasteiger partial charge in [0.15, 0.2) is 0 Å². The first kappa shape index (κ1) is 18.7. The molecule has 1 unspecified atom stereocenters. The SMILES string of the molecule is CCOC(=O)N1CCC(C)(N2CCC(=[N+]3C(=O)N[C@@H]4CCCC[C@H]43)CC2)C1. The van der Waals surface area contributed by atoms with Crippen LogP contribution in [0.2, 0.25) is 0 Å². The lowest BCUT2D eigenvalue weighted by Gasteiger charge is -2.41. The fraction of sp³-hybridized carbons (Fsp3) is 0.850. The Morgan fingerprint density at radius 2 is 2.00 bits per heavy atom. The number of carbonyl (C=O) groups excluding carboxylic acids is 2. The van der Waals surface area contributed by atoms with E-state index in [1.807, 2.05) is 11.8 Å². The van der Waals surface area contributed by atoms with E-state index in [0.29, 0.717) is 18.7 Å². The molecule has 3 heterocycles. The molecule has 0 radical (unpaired) electrons. The Morgan fingerprint density at radius 1 is 1.26 bits per heavy atom. The maximum absolute atomic E-state index is 12.5. The van der Waals surface area contributed by atoms with Gasteiger partial charge in [0, 0.05) is 44.6 Å². The van der Waals surface area contributed by atoms with E-state index in [4.69, 9.17) is 4.74 Å². The quantitative estimate of drug-likeness (QED) is 0.749. The molecule has 7 heteroatoms. The van der Waals surface area contributed by atoms with Gasteiger partial charge in [0.05, 0.1) is 12.3 Å². The Morgan fingerprint density at radius 3 is 2.74 bits per heavy atom. The summed E-state index contributed by atoms with van der Waals surface area (Å²) in [5.41, 5.74) is 1.32. The molecule has 0 aromatic carbocycles. The van der Waals surface area contributed by atoms with Crippen LogP contribution in [0.5, 0.6) is 0 Å². The summed E-state index contributed by atoms with van der Waals surface area (Å²) >= 11 is 0. The summed E-state index contributed by atoms with van der Waals surface area (Å²) in [5.74, 6) is 0. The average Bonchev–Trinajstić information content (AvgIpc) is 3.23. The Bertz CT molecular complexity index is 639. The minimum atomic E-state index is -0.192. The number of nitrogens with one attached hydrogen (secondary N) is 1. The molecule has 27 heavy (non-hydrogen) atoms. The van der Waals surface area contributed by atoms with Gasteiger partial charge in [-0.05, 0) is 46.0 Å². The fourth-order valence-corrected chi connectivity index (χ4v) is 5.46. The number of fused-ring (bicyclic) bond motifs is 1. The first-order valence-electron chi connectivity index (χ1n) is 10.6.